The molecular formula is C14H20N2O. The van der Waals surface area contributed by atoms with Crippen LogP contribution in [0.25, 0.3) is 0 Å². The number of piperidine rings is 1. The molecule has 3 heteroatoms. The van der Waals surface area contributed by atoms with E-state index < -0.39 is 0 Å². The van der Waals surface area contributed by atoms with Crippen LogP contribution in [-0.2, 0) is 0 Å². The zero-order valence-corrected chi connectivity index (χ0v) is 10.6. The minimum absolute atomic E-state index is 0.125. The van der Waals surface area contributed by atoms with Gasteiger partial charge in [-0.05, 0) is 36.8 Å². The Labute approximate surface area is 103 Å². The minimum atomic E-state index is 0.125. The van der Waals surface area contributed by atoms with E-state index in [0.717, 1.165) is 37.8 Å². The summed E-state index contributed by atoms with van der Waals surface area (Å²) in [6, 6.07) is 3.65. The molecule has 0 radical (unpaired) electrons. The maximum atomic E-state index is 12.2. The lowest BCUT2D eigenvalue weighted by Crippen LogP contribution is -2.39. The van der Waals surface area contributed by atoms with Gasteiger partial charge in [0.2, 0.25) is 0 Å². The van der Waals surface area contributed by atoms with E-state index in [1.165, 1.54) is 0 Å². The van der Waals surface area contributed by atoms with Crippen LogP contribution < -0.4 is 0 Å². The van der Waals surface area contributed by atoms with Gasteiger partial charge in [-0.25, -0.2) is 0 Å². The van der Waals surface area contributed by atoms with Gasteiger partial charge in [-0.3, -0.25) is 9.78 Å². The molecule has 0 bridgehead atoms. The molecule has 1 aromatic heterocycles. The molecule has 0 aromatic carbocycles. The van der Waals surface area contributed by atoms with E-state index in [2.05, 4.69) is 18.8 Å². The van der Waals surface area contributed by atoms with Gasteiger partial charge in [0.1, 0.15) is 0 Å². The molecule has 2 heterocycles. The minimum Gasteiger partial charge on any atom is -0.339 e. The highest BCUT2D eigenvalue weighted by molar-refractivity contribution is 5.93. The number of aromatic nitrogens is 1. The van der Waals surface area contributed by atoms with Gasteiger partial charge in [0.15, 0.2) is 0 Å². The molecule has 1 aromatic rings. The number of amides is 1. The van der Waals surface area contributed by atoms with Gasteiger partial charge in [-0.2, -0.15) is 0 Å². The van der Waals surface area contributed by atoms with Crippen molar-refractivity contribution in [3.05, 3.63) is 30.1 Å². The summed E-state index contributed by atoms with van der Waals surface area (Å²) in [4.78, 5) is 18.1. The Bertz CT molecular complexity index is 367. The Balaban J connectivity index is 1.95. The second kappa shape index (κ2) is 5.30. The largest absolute Gasteiger partial charge is 0.339 e. The van der Waals surface area contributed by atoms with Crippen LogP contribution >= 0.6 is 0 Å². The first-order valence-electron chi connectivity index (χ1n) is 6.38. The molecule has 92 valence electrons. The number of carbonyl (C=O) groups is 1. The van der Waals surface area contributed by atoms with Crippen molar-refractivity contribution in [3.8, 4) is 0 Å². The third kappa shape index (κ3) is 2.84. The summed E-state index contributed by atoms with van der Waals surface area (Å²) >= 11 is 0. The second-order valence-electron chi connectivity index (χ2n) is 5.12. The Morgan fingerprint density at radius 1 is 1.41 bits per heavy atom. The van der Waals surface area contributed by atoms with Crippen molar-refractivity contribution in [1.29, 1.82) is 0 Å². The summed E-state index contributed by atoms with van der Waals surface area (Å²) in [6.07, 6.45) is 5.60. The van der Waals surface area contributed by atoms with E-state index in [-0.39, 0.29) is 5.91 Å². The first-order chi connectivity index (χ1) is 8.18. The Morgan fingerprint density at radius 3 is 2.65 bits per heavy atom. The van der Waals surface area contributed by atoms with Crippen molar-refractivity contribution in [2.45, 2.75) is 26.7 Å². The number of nitrogens with zero attached hydrogens (tertiary/aromatic N) is 2. The van der Waals surface area contributed by atoms with Crippen LogP contribution in [0.2, 0.25) is 0 Å². The molecule has 0 atom stereocenters. The van der Waals surface area contributed by atoms with Gasteiger partial charge < -0.3 is 4.90 Å². The average Bonchev–Trinajstić information content (AvgIpc) is 2.39. The predicted molar refractivity (Wildman–Crippen MR) is 67.7 cm³/mol. The number of pyridine rings is 1. The molecule has 1 fully saturated rings. The lowest BCUT2D eigenvalue weighted by molar-refractivity contribution is 0.0667. The van der Waals surface area contributed by atoms with E-state index in [1.807, 2.05) is 17.0 Å². The Kier molecular flexibility index (Phi) is 3.77. The van der Waals surface area contributed by atoms with Crippen LogP contribution in [0.1, 0.15) is 37.0 Å². The van der Waals surface area contributed by atoms with Crippen molar-refractivity contribution < 1.29 is 4.79 Å². The van der Waals surface area contributed by atoms with Gasteiger partial charge in [-0.1, -0.05) is 13.8 Å². The molecule has 0 saturated carbocycles. The van der Waals surface area contributed by atoms with Crippen LogP contribution in [0.3, 0.4) is 0 Å². The summed E-state index contributed by atoms with van der Waals surface area (Å²) in [5.74, 6) is 1.62. The maximum Gasteiger partial charge on any atom is 0.255 e. The fourth-order valence-corrected chi connectivity index (χ4v) is 2.44. The summed E-state index contributed by atoms with van der Waals surface area (Å²) in [5.41, 5.74) is 0.704. The van der Waals surface area contributed by atoms with Crippen LogP contribution in [0.15, 0.2) is 24.5 Å². The molecule has 0 aliphatic carbocycles. The van der Waals surface area contributed by atoms with Gasteiger partial charge in [0.05, 0.1) is 5.56 Å². The van der Waals surface area contributed by atoms with E-state index in [9.17, 15) is 4.79 Å². The highest BCUT2D eigenvalue weighted by Crippen LogP contribution is 2.25. The topological polar surface area (TPSA) is 33.2 Å². The normalized spacial score (nSPS) is 17.5. The highest BCUT2D eigenvalue weighted by atomic mass is 16.2. The monoisotopic (exact) mass is 232 g/mol. The van der Waals surface area contributed by atoms with Crippen molar-refractivity contribution in [2.75, 3.05) is 13.1 Å². The summed E-state index contributed by atoms with van der Waals surface area (Å²) in [6.45, 7) is 6.31. The van der Waals surface area contributed by atoms with Crippen molar-refractivity contribution in [3.63, 3.8) is 0 Å². The third-order valence-electron chi connectivity index (χ3n) is 3.68. The van der Waals surface area contributed by atoms with Crippen LogP contribution in [0.4, 0.5) is 0 Å². The number of hydrogen-bond donors (Lipinski definition) is 0. The molecule has 17 heavy (non-hydrogen) atoms. The van der Waals surface area contributed by atoms with E-state index in [1.54, 1.807) is 12.4 Å². The molecule has 1 amide bonds. The molecule has 2 rings (SSSR count). The van der Waals surface area contributed by atoms with E-state index >= 15 is 0 Å². The molecular weight excluding hydrogens is 212 g/mol. The van der Waals surface area contributed by atoms with Crippen molar-refractivity contribution >= 4 is 5.91 Å². The van der Waals surface area contributed by atoms with Gasteiger partial charge in [0, 0.05) is 25.5 Å². The second-order valence-corrected chi connectivity index (χ2v) is 5.12. The van der Waals surface area contributed by atoms with Crippen molar-refractivity contribution in [2.24, 2.45) is 11.8 Å². The number of carbonyl (C=O) groups excluding carboxylic acids is 1. The molecule has 1 saturated heterocycles. The van der Waals surface area contributed by atoms with E-state index in [4.69, 9.17) is 0 Å². The fourth-order valence-electron chi connectivity index (χ4n) is 2.44. The van der Waals surface area contributed by atoms with Crippen LogP contribution in [0, 0.1) is 11.8 Å². The van der Waals surface area contributed by atoms with Gasteiger partial charge >= 0.3 is 0 Å². The first-order valence-corrected chi connectivity index (χ1v) is 6.38. The fraction of sp³-hybridized carbons (Fsp3) is 0.571. The zero-order valence-electron chi connectivity index (χ0n) is 10.6. The lowest BCUT2D eigenvalue weighted by Gasteiger charge is -2.33. The average molecular weight is 232 g/mol. The molecule has 1 aliphatic rings. The molecule has 0 N–H and O–H groups in total. The standard InChI is InChI=1S/C14H20N2O/c1-11(2)12-5-8-16(9-6-12)14(17)13-4-3-7-15-10-13/h3-4,7,10-12H,5-6,8-9H2,1-2H3. The summed E-state index contributed by atoms with van der Waals surface area (Å²) in [7, 11) is 0. The maximum absolute atomic E-state index is 12.2. The number of hydrogen-bond acceptors (Lipinski definition) is 2. The van der Waals surface area contributed by atoms with Crippen molar-refractivity contribution in [1.82, 2.24) is 9.88 Å². The Hall–Kier alpha value is -1.38. The summed E-state index contributed by atoms with van der Waals surface area (Å²) in [5, 5.41) is 0. The van der Waals surface area contributed by atoms with E-state index in [0.29, 0.717) is 5.56 Å². The highest BCUT2D eigenvalue weighted by Gasteiger charge is 2.25. The quantitative estimate of drug-likeness (QED) is 0.785. The molecule has 1 aliphatic heterocycles. The molecule has 0 spiro atoms. The number of rotatable bonds is 2. The molecule has 0 unspecified atom stereocenters. The van der Waals surface area contributed by atoms with Crippen LogP contribution in [-0.4, -0.2) is 28.9 Å². The Morgan fingerprint density at radius 2 is 2.12 bits per heavy atom. The predicted octanol–water partition coefficient (Wildman–Crippen LogP) is 2.59. The van der Waals surface area contributed by atoms with Gasteiger partial charge in [-0.15, -0.1) is 0 Å². The van der Waals surface area contributed by atoms with Crippen LogP contribution in [0.5, 0.6) is 0 Å². The summed E-state index contributed by atoms with van der Waals surface area (Å²) < 4.78 is 0. The third-order valence-corrected chi connectivity index (χ3v) is 3.68. The lowest BCUT2D eigenvalue weighted by atomic mass is 9.86. The first kappa shape index (κ1) is 12.1. The smallest absolute Gasteiger partial charge is 0.255 e. The number of likely N-dealkylation sites (tertiary alicyclic amines) is 1. The zero-order chi connectivity index (χ0) is 12.3. The van der Waals surface area contributed by atoms with Gasteiger partial charge in [0.25, 0.3) is 5.91 Å². The SMILES string of the molecule is CC(C)C1CCN(C(=O)c2cccnc2)CC1. The molecule has 3 nitrogen and oxygen atoms in total.